The van der Waals surface area contributed by atoms with E-state index in [0.717, 1.165) is 0 Å². The standard InChI is InChI=1S/C16H11N3O4/c20-16(12-3-6-14-15(9-12)18-8-7-17-14)23-10-11-1-4-13(5-2-11)19(21)22/h1-9H,10H2. The topological polar surface area (TPSA) is 95.2 Å². The summed E-state index contributed by atoms with van der Waals surface area (Å²) in [5, 5.41) is 10.6. The van der Waals surface area contributed by atoms with Gasteiger partial charge in [0.25, 0.3) is 5.69 Å². The van der Waals surface area contributed by atoms with Gasteiger partial charge in [0.05, 0.1) is 21.5 Å². The highest BCUT2D eigenvalue weighted by molar-refractivity contribution is 5.93. The van der Waals surface area contributed by atoms with Crippen LogP contribution in [-0.4, -0.2) is 20.9 Å². The first kappa shape index (κ1) is 14.6. The SMILES string of the molecule is O=C(OCc1ccc([N+](=O)[O-])cc1)c1ccc2nccnc2c1. The van der Waals surface area contributed by atoms with Crippen molar-refractivity contribution in [3.8, 4) is 0 Å². The third kappa shape index (κ3) is 3.29. The van der Waals surface area contributed by atoms with Crippen LogP contribution in [0.3, 0.4) is 0 Å². The highest BCUT2D eigenvalue weighted by Crippen LogP contribution is 2.15. The van der Waals surface area contributed by atoms with Gasteiger partial charge in [-0.15, -0.1) is 0 Å². The molecule has 0 N–H and O–H groups in total. The Kier molecular flexibility index (Phi) is 3.92. The average Bonchev–Trinajstić information content (AvgIpc) is 2.59. The lowest BCUT2D eigenvalue weighted by atomic mass is 10.2. The lowest BCUT2D eigenvalue weighted by molar-refractivity contribution is -0.384. The highest BCUT2D eigenvalue weighted by Gasteiger charge is 2.10. The van der Waals surface area contributed by atoms with Gasteiger partial charge in [-0.2, -0.15) is 0 Å². The number of ether oxygens (including phenoxy) is 1. The molecule has 0 saturated carbocycles. The molecule has 1 heterocycles. The first-order valence-corrected chi connectivity index (χ1v) is 6.75. The largest absolute Gasteiger partial charge is 0.457 e. The summed E-state index contributed by atoms with van der Waals surface area (Å²) in [5.41, 5.74) is 2.34. The molecule has 1 aromatic heterocycles. The van der Waals surface area contributed by atoms with E-state index >= 15 is 0 Å². The molecule has 0 spiro atoms. The van der Waals surface area contributed by atoms with E-state index in [1.165, 1.54) is 12.1 Å². The summed E-state index contributed by atoms with van der Waals surface area (Å²) in [7, 11) is 0. The summed E-state index contributed by atoms with van der Waals surface area (Å²) in [6, 6.07) is 10.8. The molecule has 0 amide bonds. The fourth-order valence-corrected chi connectivity index (χ4v) is 2.04. The Bertz CT molecular complexity index is 878. The smallest absolute Gasteiger partial charge is 0.338 e. The van der Waals surface area contributed by atoms with Crippen molar-refractivity contribution in [3.63, 3.8) is 0 Å². The van der Waals surface area contributed by atoms with Gasteiger partial charge in [-0.1, -0.05) is 0 Å². The van der Waals surface area contributed by atoms with Crippen molar-refractivity contribution >= 4 is 22.7 Å². The molecule has 114 valence electrons. The number of nitro groups is 1. The number of carbonyl (C=O) groups is 1. The van der Waals surface area contributed by atoms with Gasteiger partial charge >= 0.3 is 5.97 Å². The van der Waals surface area contributed by atoms with E-state index in [1.54, 1.807) is 42.7 Å². The molecule has 2 aromatic carbocycles. The van der Waals surface area contributed by atoms with Gasteiger partial charge in [0.1, 0.15) is 6.61 Å². The Labute approximate surface area is 130 Å². The monoisotopic (exact) mass is 309 g/mol. The molecule has 0 aliphatic rings. The van der Waals surface area contributed by atoms with Gasteiger partial charge in [-0.05, 0) is 35.9 Å². The normalized spacial score (nSPS) is 10.4. The summed E-state index contributed by atoms with van der Waals surface area (Å²) in [6.07, 6.45) is 3.13. The Morgan fingerprint density at radius 1 is 1.04 bits per heavy atom. The molecule has 0 atom stereocenters. The molecule has 7 nitrogen and oxygen atoms in total. The maximum absolute atomic E-state index is 12.1. The Balaban J connectivity index is 1.69. The summed E-state index contributed by atoms with van der Waals surface area (Å²) in [6.45, 7) is 0.0370. The zero-order valence-electron chi connectivity index (χ0n) is 11.9. The van der Waals surface area contributed by atoms with E-state index in [9.17, 15) is 14.9 Å². The van der Waals surface area contributed by atoms with Gasteiger partial charge in [0.15, 0.2) is 0 Å². The molecule has 0 unspecified atom stereocenters. The summed E-state index contributed by atoms with van der Waals surface area (Å²) in [5.74, 6) is -0.490. The van der Waals surface area contributed by atoms with Gasteiger partial charge in [0, 0.05) is 24.5 Å². The zero-order chi connectivity index (χ0) is 16.2. The molecule has 0 aliphatic heterocycles. The van der Waals surface area contributed by atoms with Crippen LogP contribution >= 0.6 is 0 Å². The van der Waals surface area contributed by atoms with Gasteiger partial charge in [-0.3, -0.25) is 20.1 Å². The van der Waals surface area contributed by atoms with Crippen LogP contribution in [0, 0.1) is 10.1 Å². The zero-order valence-corrected chi connectivity index (χ0v) is 11.9. The van der Waals surface area contributed by atoms with Crippen molar-refractivity contribution in [1.29, 1.82) is 0 Å². The number of fused-ring (bicyclic) bond motifs is 1. The second-order valence-electron chi connectivity index (χ2n) is 4.76. The van der Waals surface area contributed by atoms with Crippen LogP contribution in [0.15, 0.2) is 54.9 Å². The van der Waals surface area contributed by atoms with Gasteiger partial charge < -0.3 is 4.74 Å². The minimum Gasteiger partial charge on any atom is -0.457 e. The van der Waals surface area contributed by atoms with E-state index in [4.69, 9.17) is 4.74 Å². The van der Waals surface area contributed by atoms with Crippen LogP contribution in [0.5, 0.6) is 0 Å². The van der Waals surface area contributed by atoms with E-state index in [-0.39, 0.29) is 12.3 Å². The number of nitro benzene ring substituents is 1. The highest BCUT2D eigenvalue weighted by atomic mass is 16.6. The van der Waals surface area contributed by atoms with Gasteiger partial charge in [0.2, 0.25) is 0 Å². The van der Waals surface area contributed by atoms with E-state index < -0.39 is 10.9 Å². The average molecular weight is 309 g/mol. The number of benzene rings is 2. The Hall–Kier alpha value is -3.35. The molecule has 0 aliphatic carbocycles. The van der Waals surface area contributed by atoms with Crippen molar-refractivity contribution in [1.82, 2.24) is 9.97 Å². The molecule has 0 fully saturated rings. The lowest BCUT2D eigenvalue weighted by Crippen LogP contribution is -2.05. The first-order valence-electron chi connectivity index (χ1n) is 6.75. The number of rotatable bonds is 4. The lowest BCUT2D eigenvalue weighted by Gasteiger charge is -2.05. The number of hydrogen-bond acceptors (Lipinski definition) is 6. The third-order valence-corrected chi connectivity index (χ3v) is 3.22. The third-order valence-electron chi connectivity index (χ3n) is 3.22. The van der Waals surface area contributed by atoms with E-state index in [0.29, 0.717) is 22.2 Å². The second kappa shape index (κ2) is 6.18. The Morgan fingerprint density at radius 3 is 2.43 bits per heavy atom. The number of nitrogens with zero attached hydrogens (tertiary/aromatic N) is 3. The molecule has 23 heavy (non-hydrogen) atoms. The minimum absolute atomic E-state index is 0.00631. The quantitative estimate of drug-likeness (QED) is 0.418. The van der Waals surface area contributed by atoms with Crippen molar-refractivity contribution < 1.29 is 14.5 Å². The predicted octanol–water partition coefficient (Wildman–Crippen LogP) is 2.90. The van der Waals surface area contributed by atoms with Crippen molar-refractivity contribution in [2.75, 3.05) is 0 Å². The van der Waals surface area contributed by atoms with Crippen molar-refractivity contribution in [3.05, 3.63) is 76.1 Å². The molecule has 3 rings (SSSR count). The van der Waals surface area contributed by atoms with E-state index in [1.807, 2.05) is 0 Å². The maximum Gasteiger partial charge on any atom is 0.338 e. The predicted molar refractivity (Wildman–Crippen MR) is 81.8 cm³/mol. The van der Waals surface area contributed by atoms with Crippen LogP contribution < -0.4 is 0 Å². The van der Waals surface area contributed by atoms with Crippen LogP contribution in [0.2, 0.25) is 0 Å². The van der Waals surface area contributed by atoms with Crippen LogP contribution in [0.1, 0.15) is 15.9 Å². The van der Waals surface area contributed by atoms with Crippen LogP contribution in [0.25, 0.3) is 11.0 Å². The molecule has 0 bridgehead atoms. The first-order chi connectivity index (χ1) is 11.1. The molecule has 0 saturated heterocycles. The fraction of sp³-hybridized carbons (Fsp3) is 0.0625. The summed E-state index contributed by atoms with van der Waals surface area (Å²) < 4.78 is 5.21. The molecule has 3 aromatic rings. The fourth-order valence-electron chi connectivity index (χ4n) is 2.04. The Morgan fingerprint density at radius 2 is 1.74 bits per heavy atom. The second-order valence-corrected chi connectivity index (χ2v) is 4.76. The van der Waals surface area contributed by atoms with Crippen molar-refractivity contribution in [2.45, 2.75) is 6.61 Å². The van der Waals surface area contributed by atoms with Crippen LogP contribution in [0.4, 0.5) is 5.69 Å². The molecule has 0 radical (unpaired) electrons. The summed E-state index contributed by atoms with van der Waals surface area (Å²) >= 11 is 0. The molecule has 7 heteroatoms. The number of hydrogen-bond donors (Lipinski definition) is 0. The van der Waals surface area contributed by atoms with E-state index in [2.05, 4.69) is 9.97 Å². The molecular weight excluding hydrogens is 298 g/mol. The molecular formula is C16H11N3O4. The number of carbonyl (C=O) groups excluding carboxylic acids is 1. The minimum atomic E-state index is -0.490. The number of aromatic nitrogens is 2. The maximum atomic E-state index is 12.1. The number of esters is 1. The van der Waals surface area contributed by atoms with Crippen LogP contribution in [-0.2, 0) is 11.3 Å². The van der Waals surface area contributed by atoms with Crippen molar-refractivity contribution in [2.24, 2.45) is 0 Å². The number of non-ortho nitro benzene ring substituents is 1. The van der Waals surface area contributed by atoms with Gasteiger partial charge in [-0.25, -0.2) is 4.79 Å². The summed E-state index contributed by atoms with van der Waals surface area (Å²) in [4.78, 5) is 30.4.